The monoisotopic (exact) mass is 2010 g/mol. The fourth-order valence-electron chi connectivity index (χ4n) is 16.8. The molecule has 23 heteroatoms. The molecular weight excluding hydrogens is 1870 g/mol. The summed E-state index contributed by atoms with van der Waals surface area (Å²) in [6.07, 6.45) is 21.4. The second-order valence-corrected chi connectivity index (χ2v) is 38.7. The second kappa shape index (κ2) is 55.1. The Hall–Kier alpha value is -15.8. The Morgan fingerprint density at radius 2 is 0.752 bits per heavy atom. The van der Waals surface area contributed by atoms with Crippen molar-refractivity contribution < 1.29 is 50.5 Å². The van der Waals surface area contributed by atoms with Crippen LogP contribution in [0, 0.1) is 31.4 Å². The first-order chi connectivity index (χ1) is 71.4. The molecule has 0 spiro atoms. The number of hydrogen-bond donors (Lipinski definition) is 2. The molecule has 1 fully saturated rings. The zero-order valence-electron chi connectivity index (χ0n) is 88.9. The fraction of sp³-hybridized carbons (Fsp3) is 0.278. The number of methoxy groups -OCH3 is 2. The number of amides is 2. The van der Waals surface area contributed by atoms with Crippen molar-refractivity contribution >= 4 is 29.5 Å². The average molecular weight is 2010 g/mol. The van der Waals surface area contributed by atoms with Crippen LogP contribution in [0.3, 0.4) is 0 Å². The standard InChI is InChI=1S/C19H21NO.C16H17FN2O.C16H18N2O2.C16H16N2.C15H14F3NO.C15H16FN.C15H17N.C14H16N2O/c1-13(2)19-17(7-4-10-20-19)15-5-3-6-16(12-15)18(21)11-14-8-9-14;1-10(2)15-14(5-4-6-19-15)11-7-12(16(20)18-3)9-13(17)8-11;1-11(2)15-14(5-4-10-17-15)12-6-8-13(9-7-12)18-16(19)20-3;1-11(2)16-14(6-4-8-17-16)13-9-12-5-3-7-15(12)18-10-13;1-10(2)14-13(7-4-8-19-14)11-5-3-6-12(9-11)20-15(16,17)18;1-10(2)15-13(5-4-8-17-15)12-6-7-14(16)11(3)9-12;1-11(2)15-14(5-4-10-16-15)13-8-6-12(3)7-9-13;1-10(2)14-12(5-4-8-15-14)11-6-7-13(17-3)16-9-11/h3-7,10,12-14H,8-9,11H2,1-2H3;4-10H,1-3H3,(H,18,20);4-11H,1-3H3,(H,18,19);3-6,8-11H,7H2,1-2H3;3-10H,1-2H3;4-10H,1-3H3;4-11H,1-3H3;4-10H,1-3H3. The molecule has 2 aliphatic rings. The summed E-state index contributed by atoms with van der Waals surface area (Å²) in [5, 5.41) is 5.13. The number of nitrogens with zero attached hydrogens (tertiary/aromatic N) is 10. The molecule has 770 valence electrons. The van der Waals surface area contributed by atoms with Crippen molar-refractivity contribution in [2.75, 3.05) is 26.6 Å². The van der Waals surface area contributed by atoms with E-state index in [1.165, 1.54) is 103 Å². The van der Waals surface area contributed by atoms with Gasteiger partial charge in [-0.05, 0) is 246 Å². The number of aryl methyl sites for hydroxylation is 2. The van der Waals surface area contributed by atoms with Crippen LogP contribution >= 0.6 is 0 Å². The molecule has 2 aliphatic carbocycles. The van der Waals surface area contributed by atoms with E-state index in [4.69, 9.17) is 4.74 Å². The van der Waals surface area contributed by atoms with Crippen molar-refractivity contribution in [2.45, 2.75) is 204 Å². The number of allylic oxidation sites excluding steroid dienone is 1. The van der Waals surface area contributed by atoms with Crippen LogP contribution in [0.2, 0.25) is 0 Å². The van der Waals surface area contributed by atoms with Crippen LogP contribution in [0.4, 0.5) is 32.4 Å². The second-order valence-electron chi connectivity index (χ2n) is 38.7. The molecule has 18 rings (SSSR count). The number of fused-ring (bicyclic) bond motifs is 1. The summed E-state index contributed by atoms with van der Waals surface area (Å²) in [4.78, 5) is 79.3. The number of nitrogens with one attached hydrogen (secondary N) is 2. The first kappa shape index (κ1) is 114. The molecular formula is C126H135F5N12O6. The molecule has 0 saturated heterocycles. The molecule has 1 saturated carbocycles. The summed E-state index contributed by atoms with van der Waals surface area (Å²) in [5.41, 5.74) is 31.2. The minimum absolute atomic E-state index is 0.163. The molecule has 0 atom stereocenters. The highest BCUT2D eigenvalue weighted by molar-refractivity contribution is 5.98. The van der Waals surface area contributed by atoms with Gasteiger partial charge < -0.3 is 19.5 Å². The molecule has 0 bridgehead atoms. The van der Waals surface area contributed by atoms with E-state index in [1.807, 2.05) is 198 Å². The number of benzene rings is 6. The van der Waals surface area contributed by atoms with E-state index in [0.717, 1.165) is 113 Å². The average Bonchev–Trinajstić information content (AvgIpc) is 1.77. The van der Waals surface area contributed by atoms with Gasteiger partial charge in [-0.1, -0.05) is 250 Å². The molecule has 0 unspecified atom stereocenters. The van der Waals surface area contributed by atoms with E-state index in [0.29, 0.717) is 81.7 Å². The van der Waals surface area contributed by atoms with Gasteiger partial charge in [-0.3, -0.25) is 59.8 Å². The molecule has 10 heterocycles. The molecule has 149 heavy (non-hydrogen) atoms. The normalized spacial score (nSPS) is 11.6. The number of alkyl halides is 3. The summed E-state index contributed by atoms with van der Waals surface area (Å²) >= 11 is 0. The highest BCUT2D eigenvalue weighted by Crippen LogP contribution is 2.40. The summed E-state index contributed by atoms with van der Waals surface area (Å²) in [7, 11) is 4.48. The first-order valence-corrected chi connectivity index (χ1v) is 50.5. The van der Waals surface area contributed by atoms with Gasteiger partial charge in [-0.2, -0.15) is 0 Å². The third kappa shape index (κ3) is 33.1. The Kier molecular flexibility index (Phi) is 42.0. The Morgan fingerprint density at radius 1 is 0.376 bits per heavy atom. The molecule has 16 aromatic rings. The van der Waals surface area contributed by atoms with E-state index in [9.17, 15) is 36.3 Å². The number of carbonyl (C=O) groups excluding carboxylic acids is 3. The van der Waals surface area contributed by atoms with Gasteiger partial charge in [0.1, 0.15) is 17.4 Å². The van der Waals surface area contributed by atoms with Crippen molar-refractivity contribution in [1.82, 2.24) is 55.2 Å². The van der Waals surface area contributed by atoms with Crippen molar-refractivity contribution in [1.29, 1.82) is 0 Å². The number of anilines is 1. The van der Waals surface area contributed by atoms with Crippen LogP contribution in [0.1, 0.15) is 266 Å². The zero-order chi connectivity index (χ0) is 108. The molecule has 18 nitrogen and oxygen atoms in total. The number of aromatic nitrogens is 10. The molecule has 2 N–H and O–H groups in total. The van der Waals surface area contributed by atoms with Gasteiger partial charge in [0.05, 0.1) is 65.5 Å². The largest absolute Gasteiger partial charge is 0.573 e. The molecule has 6 aromatic carbocycles. The molecule has 10 aromatic heterocycles. The molecule has 0 aliphatic heterocycles. The van der Waals surface area contributed by atoms with Crippen LogP contribution in [-0.2, 0) is 11.2 Å². The third-order valence-corrected chi connectivity index (χ3v) is 24.5. The van der Waals surface area contributed by atoms with Crippen LogP contribution in [0.15, 0.2) is 317 Å². The lowest BCUT2D eigenvalue weighted by atomic mass is 9.95. The van der Waals surface area contributed by atoms with Crippen molar-refractivity contribution in [2.24, 2.45) is 5.92 Å². The number of halogens is 5. The Labute approximate surface area is 874 Å². The van der Waals surface area contributed by atoms with Crippen molar-refractivity contribution in [3.05, 3.63) is 407 Å². The van der Waals surface area contributed by atoms with Gasteiger partial charge in [-0.15, -0.1) is 13.2 Å². The lowest BCUT2D eigenvalue weighted by Gasteiger charge is -2.13. The van der Waals surface area contributed by atoms with Crippen molar-refractivity contribution in [3.63, 3.8) is 0 Å². The highest BCUT2D eigenvalue weighted by atomic mass is 19.4. The van der Waals surface area contributed by atoms with Gasteiger partial charge >= 0.3 is 12.5 Å². The number of rotatable bonds is 23. The Balaban J connectivity index is 0.000000162. The third-order valence-electron chi connectivity index (χ3n) is 24.5. The Morgan fingerprint density at radius 3 is 1.15 bits per heavy atom. The highest BCUT2D eigenvalue weighted by Gasteiger charge is 2.32. The Bertz CT molecular complexity index is 7130. The van der Waals surface area contributed by atoms with Gasteiger partial charge in [0.2, 0.25) is 5.88 Å². The molecule has 2 amide bonds. The maximum Gasteiger partial charge on any atom is 0.573 e. The molecule has 0 radical (unpaired) electrons. The van der Waals surface area contributed by atoms with E-state index >= 15 is 0 Å². The quantitative estimate of drug-likeness (QED) is 0.0448. The maximum absolute atomic E-state index is 13.7. The topological polar surface area (TPSA) is 232 Å². The maximum atomic E-state index is 13.7. The predicted molar refractivity (Wildman–Crippen MR) is 592 cm³/mol. The number of pyridine rings is 10. The summed E-state index contributed by atoms with van der Waals surface area (Å²) in [5.74, 6) is 3.16. The number of Topliss-reactive ketones (excluding diaryl/α,β-unsaturated/α-hetero) is 1. The SMILES string of the molecule is CC(C)c1ncccc1-c1cccc(C(=O)CC2CC2)c1.CC(C)c1ncccc1-c1cccc(OC(F)(F)F)c1.CC(C)c1ncccc1-c1cnc2c(c1)C=CC2.CNC(=O)c1cc(F)cc(-c2cccnc2C(C)C)c1.COC(=O)Nc1ccc(-c2cccnc2C(C)C)cc1.COc1ccc(-c2cccnc2C(C)C)cn1.Cc1cc(-c2cccnc2C(C)C)ccc1F.Cc1ccc(-c2cccnc2C(C)C)cc1. The van der Waals surface area contributed by atoms with E-state index in [-0.39, 0.29) is 35.1 Å². The summed E-state index contributed by atoms with van der Waals surface area (Å²) < 4.78 is 77.3. The zero-order valence-corrected chi connectivity index (χ0v) is 88.9. The summed E-state index contributed by atoms with van der Waals surface area (Å²) in [6, 6.07) is 77.4. The smallest absolute Gasteiger partial charge is 0.481 e. The van der Waals surface area contributed by atoms with Gasteiger partial charge in [0.25, 0.3) is 5.91 Å². The van der Waals surface area contributed by atoms with Crippen LogP contribution < -0.4 is 20.1 Å². The van der Waals surface area contributed by atoms with Crippen LogP contribution in [0.5, 0.6) is 11.6 Å². The van der Waals surface area contributed by atoms with E-state index in [2.05, 4.69) is 239 Å². The van der Waals surface area contributed by atoms with Gasteiger partial charge in [0.15, 0.2) is 5.78 Å². The number of ketones is 1. The number of carbonyl (C=O) groups is 3. The van der Waals surface area contributed by atoms with E-state index in [1.54, 1.807) is 50.8 Å². The van der Waals surface area contributed by atoms with Crippen molar-refractivity contribution in [3.8, 4) is 101 Å². The fourth-order valence-corrected chi connectivity index (χ4v) is 16.8. The van der Waals surface area contributed by atoms with Gasteiger partial charge in [-0.25, -0.2) is 18.6 Å². The van der Waals surface area contributed by atoms with Gasteiger partial charge in [0, 0.05) is 160 Å². The van der Waals surface area contributed by atoms with Crippen LogP contribution in [-0.4, -0.2) is 95.3 Å². The number of hydrogen-bond acceptors (Lipinski definition) is 16. The lowest BCUT2D eigenvalue weighted by Crippen LogP contribution is -2.18. The van der Waals surface area contributed by atoms with Crippen LogP contribution in [0.25, 0.3) is 95.1 Å². The van der Waals surface area contributed by atoms with E-state index < -0.39 is 18.3 Å². The number of ether oxygens (including phenoxy) is 3. The lowest BCUT2D eigenvalue weighted by molar-refractivity contribution is -0.274. The predicted octanol–water partition coefficient (Wildman–Crippen LogP) is 32.7. The minimum atomic E-state index is -4.69. The summed E-state index contributed by atoms with van der Waals surface area (Å²) in [6.45, 7) is 37.7. The first-order valence-electron chi connectivity index (χ1n) is 50.5. The minimum Gasteiger partial charge on any atom is -0.481 e.